The highest BCUT2D eigenvalue weighted by Crippen LogP contribution is 2.33. The van der Waals surface area contributed by atoms with Gasteiger partial charge in [0.15, 0.2) is 0 Å². The van der Waals surface area contributed by atoms with Crippen molar-refractivity contribution in [2.75, 3.05) is 0 Å². The number of nitrogens with two attached hydrogens (primary N) is 1. The van der Waals surface area contributed by atoms with Crippen LogP contribution in [0.4, 0.5) is 13.2 Å². The Hall–Kier alpha value is -4.01. The minimum Gasteiger partial charge on any atom is -0.404 e. The van der Waals surface area contributed by atoms with E-state index < -0.39 is 11.9 Å². The molecular formula is C22H17F3N6. The van der Waals surface area contributed by atoms with Gasteiger partial charge in [-0.3, -0.25) is 15.1 Å². The minimum atomic E-state index is -4.80. The van der Waals surface area contributed by atoms with E-state index in [1.165, 1.54) is 6.07 Å². The van der Waals surface area contributed by atoms with Crippen molar-refractivity contribution in [2.24, 2.45) is 12.8 Å². The average molecular weight is 422 g/mol. The maximum absolute atomic E-state index is 13.1. The Balaban J connectivity index is 1.78. The number of nitrogens with one attached hydrogen (secondary N) is 1. The third-order valence-corrected chi connectivity index (χ3v) is 4.87. The molecule has 3 N–H and O–H groups in total. The lowest BCUT2D eigenvalue weighted by atomic mass is 9.95. The van der Waals surface area contributed by atoms with E-state index in [9.17, 15) is 13.2 Å². The summed E-state index contributed by atoms with van der Waals surface area (Å²) in [6.07, 6.45) is -0.540. The molecule has 31 heavy (non-hydrogen) atoms. The summed E-state index contributed by atoms with van der Waals surface area (Å²) in [5, 5.41) is 16.1. The second kappa shape index (κ2) is 7.67. The Labute approximate surface area is 175 Å². The SMILES string of the molecule is Cn1cc(-c2ccc(-c3ccnc4ccc(/C(=C/N)C(=N)C(F)(F)F)cc34)cc2)nn1. The van der Waals surface area contributed by atoms with Gasteiger partial charge in [0.05, 0.1) is 11.7 Å². The molecule has 4 aromatic rings. The van der Waals surface area contributed by atoms with Crippen molar-refractivity contribution in [3.63, 3.8) is 0 Å². The van der Waals surface area contributed by atoms with Gasteiger partial charge in [-0.1, -0.05) is 35.5 Å². The van der Waals surface area contributed by atoms with Crippen LogP contribution in [0.1, 0.15) is 5.56 Å². The third kappa shape index (κ3) is 3.89. The largest absolute Gasteiger partial charge is 0.433 e. The van der Waals surface area contributed by atoms with E-state index >= 15 is 0 Å². The number of rotatable bonds is 4. The van der Waals surface area contributed by atoms with Crippen LogP contribution < -0.4 is 5.73 Å². The van der Waals surface area contributed by atoms with Crippen molar-refractivity contribution in [3.05, 3.63) is 72.7 Å². The number of pyridine rings is 1. The van der Waals surface area contributed by atoms with Crippen molar-refractivity contribution in [3.8, 4) is 22.4 Å². The van der Waals surface area contributed by atoms with Crippen LogP contribution in [0.5, 0.6) is 0 Å². The molecule has 0 fully saturated rings. The van der Waals surface area contributed by atoms with Crippen molar-refractivity contribution in [2.45, 2.75) is 6.18 Å². The third-order valence-electron chi connectivity index (χ3n) is 4.87. The zero-order chi connectivity index (χ0) is 22.2. The summed E-state index contributed by atoms with van der Waals surface area (Å²) in [4.78, 5) is 4.31. The lowest BCUT2D eigenvalue weighted by Gasteiger charge is -2.14. The molecule has 6 nitrogen and oxygen atoms in total. The average Bonchev–Trinajstić information content (AvgIpc) is 3.19. The summed E-state index contributed by atoms with van der Waals surface area (Å²) in [7, 11) is 1.79. The Morgan fingerprint density at radius 1 is 1.06 bits per heavy atom. The van der Waals surface area contributed by atoms with Crippen LogP contribution in [0.15, 0.2) is 67.1 Å². The van der Waals surface area contributed by atoms with Crippen LogP contribution in [0.3, 0.4) is 0 Å². The van der Waals surface area contributed by atoms with E-state index in [0.29, 0.717) is 10.9 Å². The van der Waals surface area contributed by atoms with Gasteiger partial charge in [0, 0.05) is 36.0 Å². The molecule has 0 amide bonds. The normalized spacial score (nSPS) is 12.3. The molecule has 0 saturated heterocycles. The van der Waals surface area contributed by atoms with Crippen LogP contribution >= 0.6 is 0 Å². The first-order chi connectivity index (χ1) is 14.8. The number of alkyl halides is 3. The summed E-state index contributed by atoms with van der Waals surface area (Å²) in [6.45, 7) is 0. The summed E-state index contributed by atoms with van der Waals surface area (Å²) >= 11 is 0. The molecule has 0 unspecified atom stereocenters. The highest BCUT2D eigenvalue weighted by molar-refractivity contribution is 6.25. The number of hydrogen-bond acceptors (Lipinski definition) is 5. The lowest BCUT2D eigenvalue weighted by molar-refractivity contribution is -0.0578. The first kappa shape index (κ1) is 20.3. The molecule has 2 aromatic heterocycles. The number of hydrogen-bond donors (Lipinski definition) is 2. The minimum absolute atomic E-state index is 0.197. The fraction of sp³-hybridized carbons (Fsp3) is 0.0909. The fourth-order valence-electron chi connectivity index (χ4n) is 3.34. The predicted molar refractivity (Wildman–Crippen MR) is 113 cm³/mol. The second-order valence-electron chi connectivity index (χ2n) is 6.90. The van der Waals surface area contributed by atoms with Crippen molar-refractivity contribution >= 4 is 22.2 Å². The number of halogens is 3. The van der Waals surface area contributed by atoms with Crippen LogP contribution in [0, 0.1) is 5.41 Å². The molecule has 0 aliphatic heterocycles. The monoisotopic (exact) mass is 422 g/mol. The van der Waals surface area contributed by atoms with Crippen LogP contribution in [0.25, 0.3) is 38.9 Å². The van der Waals surface area contributed by atoms with Gasteiger partial charge in [-0.15, -0.1) is 5.10 Å². The van der Waals surface area contributed by atoms with Gasteiger partial charge in [0.2, 0.25) is 0 Å². The number of benzene rings is 2. The molecule has 0 atom stereocenters. The first-order valence-corrected chi connectivity index (χ1v) is 9.22. The van der Waals surface area contributed by atoms with E-state index in [-0.39, 0.29) is 11.1 Å². The van der Waals surface area contributed by atoms with Crippen molar-refractivity contribution < 1.29 is 13.2 Å². The number of fused-ring (bicyclic) bond motifs is 1. The quantitative estimate of drug-likeness (QED) is 0.471. The van der Waals surface area contributed by atoms with Gasteiger partial charge in [0.25, 0.3) is 0 Å². The number of aryl methyl sites for hydroxylation is 1. The van der Waals surface area contributed by atoms with Gasteiger partial charge in [-0.25, -0.2) is 0 Å². The molecule has 9 heteroatoms. The predicted octanol–water partition coefficient (Wildman–Crippen LogP) is 4.58. The molecular weight excluding hydrogens is 405 g/mol. The van der Waals surface area contributed by atoms with Gasteiger partial charge in [-0.05, 0) is 34.9 Å². The van der Waals surface area contributed by atoms with Gasteiger partial charge in [-0.2, -0.15) is 13.2 Å². The molecule has 0 radical (unpaired) electrons. The number of nitrogens with zero attached hydrogens (tertiary/aromatic N) is 4. The highest BCUT2D eigenvalue weighted by atomic mass is 19.4. The maximum atomic E-state index is 13.1. The Morgan fingerprint density at radius 3 is 2.39 bits per heavy atom. The Morgan fingerprint density at radius 2 is 1.77 bits per heavy atom. The van der Waals surface area contributed by atoms with E-state index in [0.717, 1.165) is 28.6 Å². The summed E-state index contributed by atoms with van der Waals surface area (Å²) in [5.41, 5.74) is 7.66. The van der Waals surface area contributed by atoms with E-state index in [4.69, 9.17) is 11.1 Å². The van der Waals surface area contributed by atoms with Crippen LogP contribution in [0.2, 0.25) is 0 Å². The van der Waals surface area contributed by atoms with Gasteiger partial charge < -0.3 is 5.73 Å². The second-order valence-corrected chi connectivity index (χ2v) is 6.90. The van der Waals surface area contributed by atoms with Crippen LogP contribution in [-0.2, 0) is 7.05 Å². The molecule has 0 aliphatic rings. The molecule has 2 heterocycles. The molecule has 4 rings (SSSR count). The molecule has 2 aromatic carbocycles. The summed E-state index contributed by atoms with van der Waals surface area (Å²) < 4.78 is 40.8. The maximum Gasteiger partial charge on any atom is 0.433 e. The molecule has 0 spiro atoms. The number of allylic oxidation sites excluding steroid dienone is 1. The Kier molecular flexibility index (Phi) is 5.02. The molecule has 156 valence electrons. The van der Waals surface area contributed by atoms with Gasteiger partial charge in [0.1, 0.15) is 11.4 Å². The van der Waals surface area contributed by atoms with Gasteiger partial charge >= 0.3 is 6.18 Å². The summed E-state index contributed by atoms with van der Waals surface area (Å²) in [6, 6.07) is 14.1. The fourth-order valence-corrected chi connectivity index (χ4v) is 3.34. The first-order valence-electron chi connectivity index (χ1n) is 9.22. The Bertz CT molecular complexity index is 1300. The van der Waals surface area contributed by atoms with Crippen molar-refractivity contribution in [1.29, 1.82) is 5.41 Å². The molecule has 0 saturated carbocycles. The topological polar surface area (TPSA) is 93.5 Å². The van der Waals surface area contributed by atoms with E-state index in [1.54, 1.807) is 42.3 Å². The lowest BCUT2D eigenvalue weighted by Crippen LogP contribution is -2.23. The van der Waals surface area contributed by atoms with E-state index in [1.807, 2.05) is 24.3 Å². The zero-order valence-corrected chi connectivity index (χ0v) is 16.4. The standard InChI is InChI=1S/C22H17F3N6/c1-31-12-20(29-30-31)14-4-2-13(3-5-14)16-8-9-28-19-7-6-15(10-17(16)19)18(11-26)21(27)22(23,24)25/h2-12,27H,26H2,1H3/b18-11-,27-21?. The highest BCUT2D eigenvalue weighted by Gasteiger charge is 2.37. The summed E-state index contributed by atoms with van der Waals surface area (Å²) in [5.74, 6) is 0. The van der Waals surface area contributed by atoms with E-state index in [2.05, 4.69) is 15.3 Å². The number of aromatic nitrogens is 4. The zero-order valence-electron chi connectivity index (χ0n) is 16.4. The smallest absolute Gasteiger partial charge is 0.404 e. The molecule has 0 aliphatic carbocycles. The molecule has 0 bridgehead atoms. The van der Waals surface area contributed by atoms with Crippen molar-refractivity contribution in [1.82, 2.24) is 20.0 Å². The van der Waals surface area contributed by atoms with Crippen LogP contribution in [-0.4, -0.2) is 31.9 Å².